The largest absolute Gasteiger partial charge is 0.337 e. The van der Waals surface area contributed by atoms with Crippen molar-refractivity contribution in [3.05, 3.63) is 53.3 Å². The highest BCUT2D eigenvalue weighted by atomic mass is 16.2. The van der Waals surface area contributed by atoms with Gasteiger partial charge in [0.05, 0.1) is 18.3 Å². The molecule has 1 saturated heterocycles. The average Bonchev–Trinajstić information content (AvgIpc) is 2.86. The zero-order chi connectivity index (χ0) is 17.4. The summed E-state index contributed by atoms with van der Waals surface area (Å²) >= 11 is 0. The fraction of sp³-hybridized carbons (Fsp3) is 0.421. The lowest BCUT2D eigenvalue weighted by Gasteiger charge is -2.41. The van der Waals surface area contributed by atoms with Gasteiger partial charge in [0, 0.05) is 26.6 Å². The molecule has 1 aromatic carbocycles. The number of carbonyl (C=O) groups excluding carboxylic acids is 2. The van der Waals surface area contributed by atoms with Gasteiger partial charge < -0.3 is 9.80 Å². The van der Waals surface area contributed by atoms with E-state index in [1.165, 1.54) is 5.56 Å². The van der Waals surface area contributed by atoms with Gasteiger partial charge in [-0.25, -0.2) is 0 Å². The molecule has 2 aliphatic heterocycles. The molecule has 4 rings (SSSR count). The SMILES string of the molecule is CC(=O)N1CCCn2nc(C(=O)N3CC[C@H]3c3ccccc3)cc2C1. The molecule has 2 amide bonds. The van der Waals surface area contributed by atoms with Crippen LogP contribution in [0.2, 0.25) is 0 Å². The highest BCUT2D eigenvalue weighted by Crippen LogP contribution is 2.34. The standard InChI is InChI=1S/C19H22N4O2/c1-14(24)21-9-5-10-23-16(13-21)12-17(20-23)19(25)22-11-8-18(22)15-6-3-2-4-7-15/h2-4,6-7,12,18H,5,8-11,13H2,1H3/t18-/m0/s1. The summed E-state index contributed by atoms with van der Waals surface area (Å²) in [6.07, 6.45) is 1.85. The fourth-order valence-corrected chi connectivity index (χ4v) is 3.63. The van der Waals surface area contributed by atoms with Crippen molar-refractivity contribution in [2.45, 2.75) is 38.9 Å². The topological polar surface area (TPSA) is 58.4 Å². The lowest BCUT2D eigenvalue weighted by atomic mass is 9.94. The molecule has 0 N–H and O–H groups in total. The highest BCUT2D eigenvalue weighted by molar-refractivity contribution is 5.93. The van der Waals surface area contributed by atoms with Crippen molar-refractivity contribution >= 4 is 11.8 Å². The van der Waals surface area contributed by atoms with Crippen LogP contribution in [0.5, 0.6) is 0 Å². The van der Waals surface area contributed by atoms with E-state index in [4.69, 9.17) is 0 Å². The first-order chi connectivity index (χ1) is 12.1. The Hall–Kier alpha value is -2.63. The van der Waals surface area contributed by atoms with Crippen molar-refractivity contribution in [1.82, 2.24) is 19.6 Å². The number of nitrogens with zero attached hydrogens (tertiary/aromatic N) is 4. The van der Waals surface area contributed by atoms with Crippen LogP contribution in [0.25, 0.3) is 0 Å². The molecular weight excluding hydrogens is 316 g/mol. The van der Waals surface area contributed by atoms with Crippen LogP contribution < -0.4 is 0 Å². The van der Waals surface area contributed by atoms with Crippen LogP contribution in [0, 0.1) is 0 Å². The molecule has 1 atom stereocenters. The number of benzene rings is 1. The van der Waals surface area contributed by atoms with Crippen molar-refractivity contribution in [2.75, 3.05) is 13.1 Å². The first kappa shape index (κ1) is 15.9. The lowest BCUT2D eigenvalue weighted by Crippen LogP contribution is -2.45. The number of fused-ring (bicyclic) bond motifs is 1. The van der Waals surface area contributed by atoms with E-state index in [1.807, 2.05) is 38.7 Å². The molecule has 2 aromatic rings. The molecule has 0 saturated carbocycles. The number of hydrogen-bond acceptors (Lipinski definition) is 3. The molecular formula is C19H22N4O2. The van der Waals surface area contributed by atoms with E-state index < -0.39 is 0 Å². The Balaban J connectivity index is 1.54. The summed E-state index contributed by atoms with van der Waals surface area (Å²) in [5, 5.41) is 4.52. The molecule has 0 bridgehead atoms. The Kier molecular flexibility index (Phi) is 4.03. The molecule has 6 heteroatoms. The Labute approximate surface area is 147 Å². The monoisotopic (exact) mass is 338 g/mol. The van der Waals surface area contributed by atoms with Gasteiger partial charge in [0.15, 0.2) is 5.69 Å². The number of rotatable bonds is 2. The van der Waals surface area contributed by atoms with Gasteiger partial charge in [-0.3, -0.25) is 14.3 Å². The van der Waals surface area contributed by atoms with Gasteiger partial charge in [0.1, 0.15) is 0 Å². The molecule has 2 aliphatic rings. The van der Waals surface area contributed by atoms with Crippen LogP contribution in [0.15, 0.2) is 36.4 Å². The Morgan fingerprint density at radius 2 is 1.92 bits per heavy atom. The zero-order valence-corrected chi connectivity index (χ0v) is 14.4. The van der Waals surface area contributed by atoms with E-state index in [0.717, 1.165) is 38.2 Å². The molecule has 25 heavy (non-hydrogen) atoms. The van der Waals surface area contributed by atoms with Crippen LogP contribution >= 0.6 is 0 Å². The molecule has 130 valence electrons. The van der Waals surface area contributed by atoms with Crippen LogP contribution in [0.1, 0.15) is 47.6 Å². The summed E-state index contributed by atoms with van der Waals surface area (Å²) in [7, 11) is 0. The number of hydrogen-bond donors (Lipinski definition) is 0. The number of likely N-dealkylation sites (tertiary alicyclic amines) is 1. The van der Waals surface area contributed by atoms with E-state index in [2.05, 4.69) is 17.2 Å². The summed E-state index contributed by atoms with van der Waals surface area (Å²) in [6.45, 7) is 4.36. The summed E-state index contributed by atoms with van der Waals surface area (Å²) in [5.41, 5.74) is 2.60. The van der Waals surface area contributed by atoms with Crippen LogP contribution in [0.3, 0.4) is 0 Å². The third kappa shape index (κ3) is 2.92. The van der Waals surface area contributed by atoms with Gasteiger partial charge in [-0.15, -0.1) is 0 Å². The fourth-order valence-electron chi connectivity index (χ4n) is 3.63. The number of carbonyl (C=O) groups is 2. The van der Waals surface area contributed by atoms with Gasteiger partial charge >= 0.3 is 0 Å². The third-order valence-electron chi connectivity index (χ3n) is 5.14. The second-order valence-corrected chi connectivity index (χ2v) is 6.75. The van der Waals surface area contributed by atoms with Crippen molar-refractivity contribution in [3.63, 3.8) is 0 Å². The zero-order valence-electron chi connectivity index (χ0n) is 14.4. The second kappa shape index (κ2) is 6.35. The molecule has 0 spiro atoms. The summed E-state index contributed by atoms with van der Waals surface area (Å²) < 4.78 is 1.88. The first-order valence-corrected chi connectivity index (χ1v) is 8.81. The maximum atomic E-state index is 12.9. The van der Waals surface area contributed by atoms with Gasteiger partial charge in [0.2, 0.25) is 5.91 Å². The smallest absolute Gasteiger partial charge is 0.274 e. The van der Waals surface area contributed by atoms with Crippen LogP contribution in [-0.4, -0.2) is 44.5 Å². The normalized spacial score (nSPS) is 19.8. The molecule has 0 unspecified atom stereocenters. The Bertz CT molecular complexity index is 799. The van der Waals surface area contributed by atoms with Crippen molar-refractivity contribution in [1.29, 1.82) is 0 Å². The van der Waals surface area contributed by atoms with Crippen LogP contribution in [0.4, 0.5) is 0 Å². The van der Waals surface area contributed by atoms with E-state index >= 15 is 0 Å². The number of amides is 2. The van der Waals surface area contributed by atoms with E-state index in [0.29, 0.717) is 12.2 Å². The summed E-state index contributed by atoms with van der Waals surface area (Å²) in [4.78, 5) is 28.3. The maximum Gasteiger partial charge on any atom is 0.274 e. The van der Waals surface area contributed by atoms with Gasteiger partial charge in [-0.2, -0.15) is 5.10 Å². The quantitative estimate of drug-likeness (QED) is 0.844. The minimum Gasteiger partial charge on any atom is -0.337 e. The predicted octanol–water partition coefficient (Wildman–Crippen LogP) is 2.22. The summed E-state index contributed by atoms with van der Waals surface area (Å²) in [6, 6.07) is 12.1. The van der Waals surface area contributed by atoms with Crippen molar-refractivity contribution < 1.29 is 9.59 Å². The van der Waals surface area contributed by atoms with E-state index in [-0.39, 0.29) is 17.9 Å². The maximum absolute atomic E-state index is 12.9. The highest BCUT2D eigenvalue weighted by Gasteiger charge is 2.35. The second-order valence-electron chi connectivity index (χ2n) is 6.75. The summed E-state index contributed by atoms with van der Waals surface area (Å²) in [5.74, 6) is 0.0458. The predicted molar refractivity (Wildman–Crippen MR) is 92.8 cm³/mol. The van der Waals surface area contributed by atoms with Crippen molar-refractivity contribution in [3.8, 4) is 0 Å². The minimum atomic E-state index is -0.0185. The van der Waals surface area contributed by atoms with E-state index in [1.54, 1.807) is 6.92 Å². The van der Waals surface area contributed by atoms with Gasteiger partial charge in [0.25, 0.3) is 5.91 Å². The third-order valence-corrected chi connectivity index (χ3v) is 5.14. The molecule has 6 nitrogen and oxygen atoms in total. The Morgan fingerprint density at radius 3 is 2.60 bits per heavy atom. The van der Waals surface area contributed by atoms with Gasteiger partial charge in [-0.05, 0) is 24.5 Å². The minimum absolute atomic E-state index is 0.0185. The number of aromatic nitrogens is 2. The van der Waals surface area contributed by atoms with E-state index in [9.17, 15) is 9.59 Å². The molecule has 0 aliphatic carbocycles. The van der Waals surface area contributed by atoms with Crippen LogP contribution in [-0.2, 0) is 17.9 Å². The Morgan fingerprint density at radius 1 is 1.12 bits per heavy atom. The van der Waals surface area contributed by atoms with Crippen molar-refractivity contribution in [2.24, 2.45) is 0 Å². The molecule has 1 fully saturated rings. The lowest BCUT2D eigenvalue weighted by molar-refractivity contribution is -0.129. The first-order valence-electron chi connectivity index (χ1n) is 8.81. The van der Waals surface area contributed by atoms with Gasteiger partial charge in [-0.1, -0.05) is 30.3 Å². The number of aryl methyl sites for hydroxylation is 1. The molecule has 3 heterocycles. The molecule has 0 radical (unpaired) electrons. The molecule has 1 aromatic heterocycles. The average molecular weight is 338 g/mol.